The van der Waals surface area contributed by atoms with Crippen LogP contribution in [-0.4, -0.2) is 5.11 Å². The highest BCUT2D eigenvalue weighted by molar-refractivity contribution is 9.11. The standard InChI is InChI=1S/C7H7Br2N3S/c8-4-1-2-6(5(9)3-4)11-7(13)12-10/h1-3H,10H2,(H2,11,12,13). The van der Waals surface area contributed by atoms with Crippen LogP contribution in [0.15, 0.2) is 27.1 Å². The van der Waals surface area contributed by atoms with Gasteiger partial charge in [0, 0.05) is 8.95 Å². The summed E-state index contributed by atoms with van der Waals surface area (Å²) in [5.41, 5.74) is 3.21. The molecule has 3 nitrogen and oxygen atoms in total. The third-order valence-electron chi connectivity index (χ3n) is 1.31. The second kappa shape index (κ2) is 4.90. The summed E-state index contributed by atoms with van der Waals surface area (Å²) in [7, 11) is 0. The molecule has 0 radical (unpaired) electrons. The van der Waals surface area contributed by atoms with Crippen molar-refractivity contribution in [3.63, 3.8) is 0 Å². The summed E-state index contributed by atoms with van der Waals surface area (Å²) in [4.78, 5) is 0. The topological polar surface area (TPSA) is 50.1 Å². The molecule has 0 aliphatic rings. The average molecular weight is 325 g/mol. The Bertz CT molecular complexity index is 330. The van der Waals surface area contributed by atoms with E-state index in [9.17, 15) is 0 Å². The molecule has 0 saturated heterocycles. The van der Waals surface area contributed by atoms with Gasteiger partial charge in [-0.3, -0.25) is 0 Å². The van der Waals surface area contributed by atoms with E-state index >= 15 is 0 Å². The highest BCUT2D eigenvalue weighted by atomic mass is 79.9. The van der Waals surface area contributed by atoms with E-state index in [2.05, 4.69) is 42.6 Å². The fourth-order valence-corrected chi connectivity index (χ4v) is 2.01. The Hall–Kier alpha value is -0.170. The molecule has 70 valence electrons. The summed E-state index contributed by atoms with van der Waals surface area (Å²) in [5, 5.41) is 3.29. The van der Waals surface area contributed by atoms with Gasteiger partial charge in [0.05, 0.1) is 5.69 Å². The summed E-state index contributed by atoms with van der Waals surface area (Å²) in [6, 6.07) is 5.71. The number of hydrogen-bond acceptors (Lipinski definition) is 2. The number of halogens is 2. The van der Waals surface area contributed by atoms with E-state index in [4.69, 9.17) is 18.1 Å². The fourth-order valence-electron chi connectivity index (χ4n) is 0.749. The van der Waals surface area contributed by atoms with Gasteiger partial charge in [-0.1, -0.05) is 15.9 Å². The Kier molecular flexibility index (Phi) is 4.11. The molecule has 0 saturated carbocycles. The zero-order valence-electron chi connectivity index (χ0n) is 6.47. The first-order chi connectivity index (χ1) is 6.13. The van der Waals surface area contributed by atoms with E-state index < -0.39 is 0 Å². The first kappa shape index (κ1) is 10.9. The molecular weight excluding hydrogens is 318 g/mol. The third-order valence-corrected chi connectivity index (χ3v) is 2.68. The van der Waals surface area contributed by atoms with Crippen LogP contribution in [0, 0.1) is 0 Å². The average Bonchev–Trinajstić information content (AvgIpc) is 2.09. The zero-order chi connectivity index (χ0) is 9.84. The normalized spacial score (nSPS) is 9.46. The number of thiocarbonyl (C=S) groups is 1. The van der Waals surface area contributed by atoms with Crippen molar-refractivity contribution < 1.29 is 0 Å². The minimum Gasteiger partial charge on any atom is -0.331 e. The minimum atomic E-state index is 0.378. The van der Waals surface area contributed by atoms with Crippen molar-refractivity contribution >= 4 is 54.9 Å². The van der Waals surface area contributed by atoms with E-state index in [0.717, 1.165) is 14.6 Å². The van der Waals surface area contributed by atoms with E-state index in [1.807, 2.05) is 18.2 Å². The van der Waals surface area contributed by atoms with Crippen molar-refractivity contribution in [3.05, 3.63) is 27.1 Å². The van der Waals surface area contributed by atoms with Crippen LogP contribution < -0.4 is 16.6 Å². The maximum Gasteiger partial charge on any atom is 0.185 e. The monoisotopic (exact) mass is 323 g/mol. The van der Waals surface area contributed by atoms with Gasteiger partial charge in [-0.25, -0.2) is 5.84 Å². The molecule has 4 N–H and O–H groups in total. The number of hydrazine groups is 1. The van der Waals surface area contributed by atoms with Crippen molar-refractivity contribution in [1.29, 1.82) is 0 Å². The van der Waals surface area contributed by atoms with Crippen LogP contribution in [0.3, 0.4) is 0 Å². The second-order valence-electron chi connectivity index (χ2n) is 2.22. The van der Waals surface area contributed by atoms with Crippen molar-refractivity contribution in [2.75, 3.05) is 5.32 Å². The Morgan fingerprint density at radius 2 is 2.08 bits per heavy atom. The van der Waals surface area contributed by atoms with Gasteiger partial charge in [-0.05, 0) is 46.3 Å². The van der Waals surface area contributed by atoms with E-state index in [1.165, 1.54) is 0 Å². The largest absolute Gasteiger partial charge is 0.331 e. The summed E-state index contributed by atoms with van der Waals surface area (Å²) in [5.74, 6) is 5.12. The van der Waals surface area contributed by atoms with Crippen LogP contribution in [-0.2, 0) is 0 Å². The van der Waals surface area contributed by atoms with Gasteiger partial charge in [0.15, 0.2) is 5.11 Å². The Balaban J connectivity index is 2.83. The lowest BCUT2D eigenvalue weighted by Gasteiger charge is -2.08. The van der Waals surface area contributed by atoms with Gasteiger partial charge in [-0.2, -0.15) is 0 Å². The maximum atomic E-state index is 5.12. The SMILES string of the molecule is NNC(=S)Nc1ccc(Br)cc1Br. The van der Waals surface area contributed by atoms with Gasteiger partial charge in [0.2, 0.25) is 0 Å². The molecule has 0 spiro atoms. The predicted molar refractivity (Wildman–Crippen MR) is 65.4 cm³/mol. The summed E-state index contributed by atoms with van der Waals surface area (Å²) < 4.78 is 1.91. The molecule has 1 aromatic rings. The quantitative estimate of drug-likeness (QED) is 0.422. The van der Waals surface area contributed by atoms with Gasteiger partial charge < -0.3 is 10.7 Å². The molecule has 1 aromatic carbocycles. The zero-order valence-corrected chi connectivity index (χ0v) is 10.5. The van der Waals surface area contributed by atoms with Crippen molar-refractivity contribution in [1.82, 2.24) is 5.43 Å². The number of nitrogens with two attached hydrogens (primary N) is 1. The lowest BCUT2D eigenvalue weighted by Crippen LogP contribution is -2.34. The van der Waals surface area contributed by atoms with Gasteiger partial charge in [0.25, 0.3) is 0 Å². The smallest absolute Gasteiger partial charge is 0.185 e. The van der Waals surface area contributed by atoms with Crippen LogP contribution in [0.2, 0.25) is 0 Å². The molecule has 0 unspecified atom stereocenters. The van der Waals surface area contributed by atoms with Crippen LogP contribution in [0.1, 0.15) is 0 Å². The van der Waals surface area contributed by atoms with Crippen LogP contribution in [0.4, 0.5) is 5.69 Å². The molecule has 0 amide bonds. The van der Waals surface area contributed by atoms with Crippen LogP contribution >= 0.6 is 44.1 Å². The molecule has 6 heteroatoms. The number of hydrogen-bond donors (Lipinski definition) is 3. The summed E-state index contributed by atoms with van der Waals surface area (Å²) in [6.45, 7) is 0. The van der Waals surface area contributed by atoms with Gasteiger partial charge in [-0.15, -0.1) is 0 Å². The highest BCUT2D eigenvalue weighted by Crippen LogP contribution is 2.25. The van der Waals surface area contributed by atoms with E-state index in [-0.39, 0.29) is 0 Å². The molecule has 1 rings (SSSR count). The van der Waals surface area contributed by atoms with Crippen molar-refractivity contribution in [2.24, 2.45) is 5.84 Å². The first-order valence-corrected chi connectivity index (χ1v) is 5.35. The molecular formula is C7H7Br2N3S. The second-order valence-corrected chi connectivity index (χ2v) is 4.40. The predicted octanol–water partition coefficient (Wildman–Crippen LogP) is 2.37. The molecule has 13 heavy (non-hydrogen) atoms. The molecule has 0 atom stereocenters. The fraction of sp³-hybridized carbons (Fsp3) is 0. The van der Waals surface area contributed by atoms with Crippen LogP contribution in [0.25, 0.3) is 0 Å². The van der Waals surface area contributed by atoms with Crippen molar-refractivity contribution in [2.45, 2.75) is 0 Å². The Morgan fingerprint density at radius 3 is 2.62 bits per heavy atom. The maximum absolute atomic E-state index is 5.12. The lowest BCUT2D eigenvalue weighted by atomic mass is 10.3. The minimum absolute atomic E-state index is 0.378. The Labute approximate surface area is 98.3 Å². The summed E-state index contributed by atoms with van der Waals surface area (Å²) >= 11 is 11.6. The summed E-state index contributed by atoms with van der Waals surface area (Å²) in [6.07, 6.45) is 0. The van der Waals surface area contributed by atoms with Gasteiger partial charge in [0.1, 0.15) is 0 Å². The third kappa shape index (κ3) is 3.22. The molecule has 0 aliphatic carbocycles. The molecule has 0 aromatic heterocycles. The lowest BCUT2D eigenvalue weighted by molar-refractivity contribution is 1.04. The number of benzene rings is 1. The van der Waals surface area contributed by atoms with E-state index in [0.29, 0.717) is 5.11 Å². The number of anilines is 1. The number of nitrogens with one attached hydrogen (secondary N) is 2. The molecule has 0 heterocycles. The molecule has 0 fully saturated rings. The van der Waals surface area contributed by atoms with Crippen molar-refractivity contribution in [3.8, 4) is 0 Å². The van der Waals surface area contributed by atoms with Gasteiger partial charge >= 0.3 is 0 Å². The first-order valence-electron chi connectivity index (χ1n) is 3.36. The van der Waals surface area contributed by atoms with Crippen LogP contribution in [0.5, 0.6) is 0 Å². The highest BCUT2D eigenvalue weighted by Gasteiger charge is 2.00. The number of rotatable bonds is 1. The Morgan fingerprint density at radius 1 is 1.38 bits per heavy atom. The molecule has 0 aliphatic heterocycles. The molecule has 0 bridgehead atoms. The van der Waals surface area contributed by atoms with E-state index in [1.54, 1.807) is 0 Å².